The van der Waals surface area contributed by atoms with Crippen LogP contribution in [0.25, 0.3) is 0 Å². The number of carbonyl (C=O) groups excluding carboxylic acids is 3. The molecule has 0 N–H and O–H groups in total. The molecule has 0 spiro atoms. The smallest absolute Gasteiger partial charge is 0.289 e. The Morgan fingerprint density at radius 3 is 2.26 bits per heavy atom. The second-order valence-corrected chi connectivity index (χ2v) is 6.93. The molecule has 2 unspecified atom stereocenters. The van der Waals surface area contributed by atoms with Crippen LogP contribution < -0.4 is 0 Å². The number of hydrogen-bond acceptors (Lipinski definition) is 6. The maximum atomic E-state index is 11.9. The number of Topliss-reactive ketones (excluding diaryl/α,β-unsaturated/α-hetero) is 1. The Morgan fingerprint density at radius 2 is 1.84 bits per heavy atom. The van der Waals surface area contributed by atoms with Gasteiger partial charge in [-0.15, -0.1) is 9.35 Å². The summed E-state index contributed by atoms with van der Waals surface area (Å²) >= 11 is 0. The summed E-state index contributed by atoms with van der Waals surface area (Å²) in [6.07, 6.45) is 1.74. The first kappa shape index (κ1) is 12.7. The molecule has 2 atom stereocenters. The predicted octanol–water partition coefficient (Wildman–Crippen LogP) is -0.234. The van der Waals surface area contributed by atoms with Crippen LogP contribution in [0, 0.1) is 11.3 Å². The Labute approximate surface area is 110 Å². The van der Waals surface area contributed by atoms with Crippen LogP contribution in [0.1, 0.15) is 32.1 Å². The first-order valence-corrected chi connectivity index (χ1v) is 7.73. The summed E-state index contributed by atoms with van der Waals surface area (Å²) in [4.78, 5) is 34.2. The second kappa shape index (κ2) is 3.86. The van der Waals surface area contributed by atoms with E-state index in [2.05, 4.69) is 4.28 Å². The number of rotatable bonds is 4. The van der Waals surface area contributed by atoms with E-state index in [1.165, 1.54) is 0 Å². The summed E-state index contributed by atoms with van der Waals surface area (Å²) in [7, 11) is -4.10. The van der Waals surface area contributed by atoms with Crippen molar-refractivity contribution in [2.75, 3.05) is 5.75 Å². The summed E-state index contributed by atoms with van der Waals surface area (Å²) in [6.45, 7) is 0. The van der Waals surface area contributed by atoms with Crippen molar-refractivity contribution in [1.29, 1.82) is 0 Å². The molecule has 1 heterocycles. The van der Waals surface area contributed by atoms with E-state index in [9.17, 15) is 22.8 Å². The van der Waals surface area contributed by atoms with Gasteiger partial charge in [0.15, 0.2) is 0 Å². The Balaban J connectivity index is 1.72. The molecule has 1 aliphatic heterocycles. The maximum Gasteiger partial charge on any atom is 0.289 e. The first-order chi connectivity index (χ1) is 8.84. The Morgan fingerprint density at radius 1 is 1.21 bits per heavy atom. The Bertz CT molecular complexity index is 566. The van der Waals surface area contributed by atoms with Crippen LogP contribution in [0.4, 0.5) is 0 Å². The minimum absolute atomic E-state index is 0.0406. The molecular formula is C11H13NO6S. The highest BCUT2D eigenvalue weighted by atomic mass is 32.2. The van der Waals surface area contributed by atoms with Gasteiger partial charge in [-0.05, 0) is 18.8 Å². The fourth-order valence-electron chi connectivity index (χ4n) is 3.02. The van der Waals surface area contributed by atoms with Gasteiger partial charge in [-0.1, -0.05) is 0 Å². The summed E-state index contributed by atoms with van der Waals surface area (Å²) < 4.78 is 28.4. The van der Waals surface area contributed by atoms with Gasteiger partial charge in [-0.2, -0.15) is 8.42 Å². The highest BCUT2D eigenvalue weighted by Crippen LogP contribution is 2.59. The maximum absolute atomic E-state index is 11.9. The molecule has 19 heavy (non-hydrogen) atoms. The largest absolute Gasteiger partial charge is 0.299 e. The summed E-state index contributed by atoms with van der Waals surface area (Å²) in [5.74, 6) is -1.69. The van der Waals surface area contributed by atoms with Crippen LogP contribution in [0.3, 0.4) is 0 Å². The van der Waals surface area contributed by atoms with Crippen molar-refractivity contribution in [1.82, 2.24) is 5.06 Å². The molecule has 1 saturated heterocycles. The predicted molar refractivity (Wildman–Crippen MR) is 60.7 cm³/mol. The number of amides is 2. The Hall–Kier alpha value is -1.28. The lowest BCUT2D eigenvalue weighted by atomic mass is 9.48. The molecule has 104 valence electrons. The van der Waals surface area contributed by atoms with Crippen LogP contribution in [0.2, 0.25) is 0 Å². The third-order valence-electron chi connectivity index (χ3n) is 4.34. The summed E-state index contributed by atoms with van der Waals surface area (Å²) in [5, 5.41) is 0.308. The minimum Gasteiger partial charge on any atom is -0.299 e. The van der Waals surface area contributed by atoms with Gasteiger partial charge in [0, 0.05) is 24.7 Å². The van der Waals surface area contributed by atoms with E-state index < -0.39 is 33.1 Å². The molecule has 3 rings (SSSR count). The zero-order valence-electron chi connectivity index (χ0n) is 10.1. The lowest BCUT2D eigenvalue weighted by Gasteiger charge is -2.56. The molecule has 0 radical (unpaired) electrons. The quantitative estimate of drug-likeness (QED) is 0.662. The molecule has 2 saturated carbocycles. The van der Waals surface area contributed by atoms with Gasteiger partial charge in [0.1, 0.15) is 5.78 Å². The number of fused-ring (bicyclic) bond motifs is 1. The molecule has 3 fully saturated rings. The number of carbonyl (C=O) groups is 3. The topological polar surface area (TPSA) is 97.8 Å². The van der Waals surface area contributed by atoms with Crippen LogP contribution >= 0.6 is 0 Å². The lowest BCUT2D eigenvalue weighted by molar-refractivity contribution is -0.164. The average molecular weight is 287 g/mol. The number of hydroxylamine groups is 2. The molecule has 3 aliphatic rings. The van der Waals surface area contributed by atoms with Crippen molar-refractivity contribution in [3.05, 3.63) is 0 Å². The zero-order valence-corrected chi connectivity index (χ0v) is 10.9. The molecule has 0 bridgehead atoms. The highest BCUT2D eigenvalue weighted by Gasteiger charge is 2.62. The SMILES string of the molecule is O=C1CCC(=O)N1OS(=O)(=O)CC12CCC1CC2=O. The zero-order chi connectivity index (χ0) is 13.8. The van der Waals surface area contributed by atoms with Gasteiger partial charge < -0.3 is 0 Å². The third-order valence-corrected chi connectivity index (χ3v) is 5.58. The van der Waals surface area contributed by atoms with Crippen molar-refractivity contribution in [3.63, 3.8) is 0 Å². The molecular weight excluding hydrogens is 274 g/mol. The van der Waals surface area contributed by atoms with E-state index in [1.54, 1.807) is 0 Å². The number of imide groups is 1. The van der Waals surface area contributed by atoms with Gasteiger partial charge in [-0.25, -0.2) is 0 Å². The van der Waals surface area contributed by atoms with E-state index >= 15 is 0 Å². The molecule has 2 amide bonds. The molecule has 0 aromatic rings. The average Bonchev–Trinajstić information content (AvgIpc) is 2.63. The molecule has 8 heteroatoms. The number of hydrogen-bond donors (Lipinski definition) is 0. The standard InChI is InChI=1S/C11H13NO6S/c13-8-5-7-3-4-11(7,8)6-19(16,17)18-12-9(14)1-2-10(12)15/h7H,1-6H2. The van der Waals surface area contributed by atoms with Gasteiger partial charge >= 0.3 is 0 Å². The fourth-order valence-corrected chi connectivity index (χ4v) is 4.64. The van der Waals surface area contributed by atoms with Crippen molar-refractivity contribution in [2.24, 2.45) is 11.3 Å². The third kappa shape index (κ3) is 1.81. The van der Waals surface area contributed by atoms with E-state index in [-0.39, 0.29) is 24.5 Å². The van der Waals surface area contributed by atoms with Crippen LogP contribution in [-0.4, -0.2) is 36.8 Å². The van der Waals surface area contributed by atoms with E-state index in [0.717, 1.165) is 6.42 Å². The van der Waals surface area contributed by atoms with Crippen molar-refractivity contribution in [3.8, 4) is 0 Å². The molecule has 7 nitrogen and oxygen atoms in total. The van der Waals surface area contributed by atoms with Crippen molar-refractivity contribution in [2.45, 2.75) is 32.1 Å². The highest BCUT2D eigenvalue weighted by molar-refractivity contribution is 7.86. The van der Waals surface area contributed by atoms with Gasteiger partial charge in [-0.3, -0.25) is 14.4 Å². The van der Waals surface area contributed by atoms with E-state index in [4.69, 9.17) is 0 Å². The molecule has 0 aromatic heterocycles. The van der Waals surface area contributed by atoms with E-state index in [1.807, 2.05) is 0 Å². The van der Waals surface area contributed by atoms with Crippen LogP contribution in [-0.2, 0) is 28.8 Å². The van der Waals surface area contributed by atoms with Crippen LogP contribution in [0.5, 0.6) is 0 Å². The molecule has 2 aliphatic carbocycles. The lowest BCUT2D eigenvalue weighted by Crippen LogP contribution is -2.61. The number of nitrogens with zero attached hydrogens (tertiary/aromatic N) is 1. The van der Waals surface area contributed by atoms with Gasteiger partial charge in [0.2, 0.25) is 0 Å². The number of ketones is 1. The van der Waals surface area contributed by atoms with Gasteiger partial charge in [0.05, 0.1) is 5.75 Å². The first-order valence-electron chi connectivity index (χ1n) is 6.15. The van der Waals surface area contributed by atoms with Crippen molar-refractivity contribution < 1.29 is 27.1 Å². The second-order valence-electron chi connectivity index (χ2n) is 5.38. The van der Waals surface area contributed by atoms with Crippen molar-refractivity contribution >= 4 is 27.7 Å². The summed E-state index contributed by atoms with van der Waals surface area (Å²) in [5.41, 5.74) is -0.815. The monoisotopic (exact) mass is 287 g/mol. The van der Waals surface area contributed by atoms with E-state index in [0.29, 0.717) is 17.9 Å². The minimum atomic E-state index is -4.10. The fraction of sp³-hybridized carbons (Fsp3) is 0.727. The normalized spacial score (nSPS) is 34.0. The Kier molecular flexibility index (Phi) is 2.59. The van der Waals surface area contributed by atoms with Crippen LogP contribution in [0.15, 0.2) is 0 Å². The molecule has 0 aromatic carbocycles. The van der Waals surface area contributed by atoms with Gasteiger partial charge in [0.25, 0.3) is 21.9 Å². The summed E-state index contributed by atoms with van der Waals surface area (Å²) in [6, 6.07) is 0.